The van der Waals surface area contributed by atoms with Gasteiger partial charge in [0.2, 0.25) is 0 Å². The van der Waals surface area contributed by atoms with Crippen molar-refractivity contribution in [2.24, 2.45) is 0 Å². The van der Waals surface area contributed by atoms with Crippen LogP contribution in [0, 0.1) is 11.3 Å². The van der Waals surface area contributed by atoms with Crippen LogP contribution in [0.4, 0.5) is 5.82 Å². The van der Waals surface area contributed by atoms with E-state index in [1.807, 2.05) is 6.07 Å². The number of pyridine rings is 1. The lowest BCUT2D eigenvalue weighted by molar-refractivity contribution is 0.597. The van der Waals surface area contributed by atoms with E-state index < -0.39 is 9.84 Å². The summed E-state index contributed by atoms with van der Waals surface area (Å²) in [6.45, 7) is 1.92. The van der Waals surface area contributed by atoms with Gasteiger partial charge in [-0.3, -0.25) is 0 Å². The van der Waals surface area contributed by atoms with Crippen molar-refractivity contribution in [3.63, 3.8) is 0 Å². The predicted octanol–water partition coefficient (Wildman–Crippen LogP) is 0.800. The molecule has 0 aliphatic heterocycles. The predicted molar refractivity (Wildman–Crippen MR) is 61.8 cm³/mol. The molecule has 0 spiro atoms. The number of aromatic nitrogens is 1. The third-order valence-corrected chi connectivity index (χ3v) is 3.75. The zero-order chi connectivity index (χ0) is 12.0. The van der Waals surface area contributed by atoms with Crippen molar-refractivity contribution >= 4 is 15.7 Å². The molecule has 0 bridgehead atoms. The molecule has 0 aromatic carbocycles. The van der Waals surface area contributed by atoms with Gasteiger partial charge in [-0.2, -0.15) is 5.26 Å². The summed E-state index contributed by atoms with van der Waals surface area (Å²) < 4.78 is 22.4. The Morgan fingerprint density at radius 2 is 2.31 bits per heavy atom. The fourth-order valence-electron chi connectivity index (χ4n) is 1.08. The van der Waals surface area contributed by atoms with Gasteiger partial charge in [0.1, 0.15) is 5.82 Å². The van der Waals surface area contributed by atoms with Gasteiger partial charge in [0.05, 0.1) is 17.4 Å². The molecule has 1 aromatic heterocycles. The first-order chi connectivity index (χ1) is 7.57. The van der Waals surface area contributed by atoms with E-state index in [4.69, 9.17) is 5.26 Å². The molecule has 0 saturated carbocycles. The number of nitrogens with zero attached hydrogens (tertiary/aromatic N) is 2. The standard InChI is InChI=1S/C10H13N3O2S/c1-2-16(14,15)6-5-13-10-7-9(8-11)3-4-12-10/h3-4,7H,2,5-6H2,1H3,(H,12,13). The van der Waals surface area contributed by atoms with Crippen LogP contribution in [0.15, 0.2) is 18.3 Å². The van der Waals surface area contributed by atoms with Gasteiger partial charge in [-0.25, -0.2) is 13.4 Å². The van der Waals surface area contributed by atoms with Gasteiger partial charge in [-0.15, -0.1) is 0 Å². The van der Waals surface area contributed by atoms with Crippen molar-refractivity contribution in [2.75, 3.05) is 23.4 Å². The molecule has 0 radical (unpaired) electrons. The molecule has 0 fully saturated rings. The molecule has 86 valence electrons. The van der Waals surface area contributed by atoms with E-state index >= 15 is 0 Å². The van der Waals surface area contributed by atoms with Gasteiger partial charge in [0, 0.05) is 18.5 Å². The zero-order valence-corrected chi connectivity index (χ0v) is 9.79. The highest BCUT2D eigenvalue weighted by molar-refractivity contribution is 7.91. The fourth-order valence-corrected chi connectivity index (χ4v) is 1.78. The van der Waals surface area contributed by atoms with Crippen LogP contribution in [-0.2, 0) is 9.84 Å². The summed E-state index contributed by atoms with van der Waals surface area (Å²) in [6, 6.07) is 5.16. The minimum atomic E-state index is -2.96. The number of hydrogen-bond donors (Lipinski definition) is 1. The summed E-state index contributed by atoms with van der Waals surface area (Å²) in [5, 5.41) is 11.5. The lowest BCUT2D eigenvalue weighted by Gasteiger charge is -2.05. The Morgan fingerprint density at radius 3 is 2.94 bits per heavy atom. The highest BCUT2D eigenvalue weighted by Crippen LogP contribution is 2.05. The number of nitriles is 1. The van der Waals surface area contributed by atoms with Crippen molar-refractivity contribution in [3.05, 3.63) is 23.9 Å². The lowest BCUT2D eigenvalue weighted by atomic mass is 10.3. The maximum Gasteiger partial charge on any atom is 0.151 e. The monoisotopic (exact) mass is 239 g/mol. The van der Waals surface area contributed by atoms with E-state index in [-0.39, 0.29) is 11.5 Å². The van der Waals surface area contributed by atoms with Crippen LogP contribution in [0.5, 0.6) is 0 Å². The van der Waals surface area contributed by atoms with Crippen LogP contribution in [0.1, 0.15) is 12.5 Å². The average Bonchev–Trinajstić information content (AvgIpc) is 2.29. The maximum atomic E-state index is 11.2. The van der Waals surface area contributed by atoms with Crippen LogP contribution < -0.4 is 5.32 Å². The highest BCUT2D eigenvalue weighted by Gasteiger charge is 2.06. The first kappa shape index (κ1) is 12.5. The minimum absolute atomic E-state index is 0.0714. The maximum absolute atomic E-state index is 11.2. The molecule has 6 heteroatoms. The van der Waals surface area contributed by atoms with Crippen LogP contribution in [0.3, 0.4) is 0 Å². The smallest absolute Gasteiger partial charge is 0.151 e. The molecule has 5 nitrogen and oxygen atoms in total. The second kappa shape index (κ2) is 5.47. The van der Waals surface area contributed by atoms with E-state index in [1.165, 1.54) is 6.20 Å². The van der Waals surface area contributed by atoms with Crippen molar-refractivity contribution in [2.45, 2.75) is 6.92 Å². The highest BCUT2D eigenvalue weighted by atomic mass is 32.2. The normalized spacial score (nSPS) is 10.8. The lowest BCUT2D eigenvalue weighted by Crippen LogP contribution is -2.17. The van der Waals surface area contributed by atoms with E-state index in [0.717, 1.165) is 0 Å². The van der Waals surface area contributed by atoms with E-state index in [0.29, 0.717) is 17.9 Å². The number of anilines is 1. The van der Waals surface area contributed by atoms with Gasteiger partial charge in [0.15, 0.2) is 9.84 Å². The molecule has 0 aliphatic rings. The Morgan fingerprint density at radius 1 is 1.56 bits per heavy atom. The SMILES string of the molecule is CCS(=O)(=O)CCNc1cc(C#N)ccn1. The van der Waals surface area contributed by atoms with Crippen LogP contribution in [-0.4, -0.2) is 31.5 Å². The van der Waals surface area contributed by atoms with Crippen LogP contribution in [0.25, 0.3) is 0 Å². The summed E-state index contributed by atoms with van der Waals surface area (Å²) in [6.07, 6.45) is 1.51. The number of rotatable bonds is 5. The second-order valence-electron chi connectivity index (χ2n) is 3.20. The fraction of sp³-hybridized carbons (Fsp3) is 0.400. The van der Waals surface area contributed by atoms with E-state index in [1.54, 1.807) is 19.1 Å². The molecular formula is C10H13N3O2S. The Hall–Kier alpha value is -1.61. The summed E-state index contributed by atoms with van der Waals surface area (Å²) >= 11 is 0. The van der Waals surface area contributed by atoms with E-state index in [9.17, 15) is 8.42 Å². The summed E-state index contributed by atoms with van der Waals surface area (Å²) in [5.74, 6) is 0.729. The third-order valence-electron chi connectivity index (χ3n) is 2.05. The number of hydrogen-bond acceptors (Lipinski definition) is 5. The third kappa shape index (κ3) is 3.87. The van der Waals surface area contributed by atoms with Crippen molar-refractivity contribution in [3.8, 4) is 6.07 Å². The Labute approximate surface area is 95.0 Å². The molecule has 1 rings (SSSR count). The van der Waals surface area contributed by atoms with Gasteiger partial charge in [-0.1, -0.05) is 6.92 Å². The van der Waals surface area contributed by atoms with Crippen molar-refractivity contribution in [1.29, 1.82) is 5.26 Å². The second-order valence-corrected chi connectivity index (χ2v) is 5.68. The molecule has 0 atom stereocenters. The first-order valence-corrected chi connectivity index (χ1v) is 6.70. The molecule has 1 aromatic rings. The molecule has 0 unspecified atom stereocenters. The van der Waals surface area contributed by atoms with Crippen LogP contribution >= 0.6 is 0 Å². The molecule has 0 amide bonds. The zero-order valence-electron chi connectivity index (χ0n) is 8.97. The largest absolute Gasteiger partial charge is 0.369 e. The first-order valence-electron chi connectivity index (χ1n) is 4.88. The van der Waals surface area contributed by atoms with E-state index in [2.05, 4.69) is 10.3 Å². The minimum Gasteiger partial charge on any atom is -0.369 e. The van der Waals surface area contributed by atoms with Crippen molar-refractivity contribution in [1.82, 2.24) is 4.98 Å². The van der Waals surface area contributed by atoms with Gasteiger partial charge < -0.3 is 5.32 Å². The Kier molecular flexibility index (Phi) is 4.26. The van der Waals surface area contributed by atoms with Gasteiger partial charge in [-0.05, 0) is 12.1 Å². The molecule has 0 saturated heterocycles. The molecule has 0 aliphatic carbocycles. The number of nitrogens with one attached hydrogen (secondary N) is 1. The average molecular weight is 239 g/mol. The summed E-state index contributed by atoms with van der Waals surface area (Å²) in [5.41, 5.74) is 0.496. The topological polar surface area (TPSA) is 82.9 Å². The molecule has 16 heavy (non-hydrogen) atoms. The quantitative estimate of drug-likeness (QED) is 0.821. The molecule has 1 N–H and O–H groups in total. The Balaban J connectivity index is 2.53. The van der Waals surface area contributed by atoms with Gasteiger partial charge >= 0.3 is 0 Å². The summed E-state index contributed by atoms with van der Waals surface area (Å²) in [4.78, 5) is 3.98. The molecule has 1 heterocycles. The Bertz CT molecular complexity index is 491. The van der Waals surface area contributed by atoms with Crippen molar-refractivity contribution < 1.29 is 8.42 Å². The van der Waals surface area contributed by atoms with Crippen LogP contribution in [0.2, 0.25) is 0 Å². The summed E-state index contributed by atoms with van der Waals surface area (Å²) in [7, 11) is -2.96. The van der Waals surface area contributed by atoms with Gasteiger partial charge in [0.25, 0.3) is 0 Å². The number of sulfone groups is 1. The molecular weight excluding hydrogens is 226 g/mol.